The van der Waals surface area contributed by atoms with E-state index in [1.165, 1.54) is 0 Å². The lowest BCUT2D eigenvalue weighted by Gasteiger charge is -2.14. The maximum Gasteiger partial charge on any atom is 0.303 e. The zero-order chi connectivity index (χ0) is 13.5. The molecule has 0 spiro atoms. The van der Waals surface area contributed by atoms with Crippen molar-refractivity contribution >= 4 is 11.9 Å². The molecule has 0 radical (unpaired) electrons. The molecule has 5 heteroatoms. The molecule has 1 amide bonds. The molecular formula is C13H18N2O3. The Kier molecular flexibility index (Phi) is 5.32. The number of carboxylic acid groups (broad SMARTS) is 1. The maximum atomic E-state index is 11.2. The summed E-state index contributed by atoms with van der Waals surface area (Å²) in [4.78, 5) is 21.6. The van der Waals surface area contributed by atoms with Crippen molar-refractivity contribution in [3.8, 4) is 0 Å². The van der Waals surface area contributed by atoms with Gasteiger partial charge in [0.2, 0.25) is 5.91 Å². The fourth-order valence-corrected chi connectivity index (χ4v) is 1.56. The average Bonchev–Trinajstić information content (AvgIpc) is 2.30. The minimum Gasteiger partial charge on any atom is -0.481 e. The summed E-state index contributed by atoms with van der Waals surface area (Å²) in [5, 5.41) is 11.6. The predicted molar refractivity (Wildman–Crippen MR) is 67.9 cm³/mol. The third kappa shape index (κ3) is 4.97. The highest BCUT2D eigenvalue weighted by Gasteiger charge is 2.15. The standard InChI is InChI=1S/C13H18N2O3/c1-9-2-4-10(5-3-9)8-15-11(13(14)18)6-7-12(16)17/h2-5,11,15H,6-8H2,1H3,(H2,14,18)(H,16,17)/t11-/m0/s1. The Morgan fingerprint density at radius 1 is 1.33 bits per heavy atom. The molecule has 1 aromatic carbocycles. The SMILES string of the molecule is Cc1ccc(CN[C@@H](CCC(=O)O)C(N)=O)cc1. The molecule has 1 rings (SSSR count). The van der Waals surface area contributed by atoms with Crippen LogP contribution < -0.4 is 11.1 Å². The minimum atomic E-state index is -0.932. The van der Waals surface area contributed by atoms with E-state index in [-0.39, 0.29) is 12.8 Å². The second-order valence-corrected chi connectivity index (χ2v) is 4.25. The first kappa shape index (κ1) is 14.2. The average molecular weight is 250 g/mol. The normalized spacial score (nSPS) is 12.1. The molecule has 1 atom stereocenters. The quantitative estimate of drug-likeness (QED) is 0.667. The Hall–Kier alpha value is -1.88. The number of carboxylic acids is 1. The molecule has 0 aromatic heterocycles. The Morgan fingerprint density at radius 3 is 2.44 bits per heavy atom. The van der Waals surface area contributed by atoms with Crippen LogP contribution in [0, 0.1) is 6.92 Å². The van der Waals surface area contributed by atoms with Gasteiger partial charge >= 0.3 is 5.97 Å². The van der Waals surface area contributed by atoms with Gasteiger partial charge in [-0.05, 0) is 18.9 Å². The number of nitrogens with one attached hydrogen (secondary N) is 1. The molecule has 0 saturated heterocycles. The van der Waals surface area contributed by atoms with Gasteiger partial charge in [-0.1, -0.05) is 29.8 Å². The number of aryl methyl sites for hydroxylation is 1. The highest BCUT2D eigenvalue weighted by atomic mass is 16.4. The Morgan fingerprint density at radius 2 is 1.94 bits per heavy atom. The zero-order valence-corrected chi connectivity index (χ0v) is 10.3. The van der Waals surface area contributed by atoms with Crippen molar-refractivity contribution in [1.29, 1.82) is 0 Å². The van der Waals surface area contributed by atoms with Crippen molar-refractivity contribution in [2.24, 2.45) is 5.73 Å². The number of nitrogens with two attached hydrogens (primary N) is 1. The van der Waals surface area contributed by atoms with E-state index in [1.807, 2.05) is 31.2 Å². The fourth-order valence-electron chi connectivity index (χ4n) is 1.56. The molecule has 0 saturated carbocycles. The number of carbonyl (C=O) groups excluding carboxylic acids is 1. The van der Waals surface area contributed by atoms with Crippen molar-refractivity contribution in [3.63, 3.8) is 0 Å². The number of hydrogen-bond acceptors (Lipinski definition) is 3. The van der Waals surface area contributed by atoms with Crippen LogP contribution in [0.25, 0.3) is 0 Å². The van der Waals surface area contributed by atoms with E-state index < -0.39 is 17.9 Å². The first-order chi connectivity index (χ1) is 8.49. The van der Waals surface area contributed by atoms with Gasteiger partial charge in [-0.3, -0.25) is 9.59 Å². The summed E-state index contributed by atoms with van der Waals surface area (Å²) in [5.41, 5.74) is 7.41. The molecule has 0 bridgehead atoms. The molecular weight excluding hydrogens is 232 g/mol. The van der Waals surface area contributed by atoms with Gasteiger partial charge in [0.1, 0.15) is 0 Å². The van der Waals surface area contributed by atoms with Crippen molar-refractivity contribution in [3.05, 3.63) is 35.4 Å². The van der Waals surface area contributed by atoms with Gasteiger partial charge in [0.25, 0.3) is 0 Å². The molecule has 5 nitrogen and oxygen atoms in total. The van der Waals surface area contributed by atoms with Gasteiger partial charge in [0, 0.05) is 13.0 Å². The van der Waals surface area contributed by atoms with Gasteiger partial charge < -0.3 is 16.2 Å². The first-order valence-electron chi connectivity index (χ1n) is 5.79. The summed E-state index contributed by atoms with van der Waals surface area (Å²) < 4.78 is 0. The predicted octanol–water partition coefficient (Wildman–Crippen LogP) is 0.803. The van der Waals surface area contributed by atoms with Crippen molar-refractivity contribution in [1.82, 2.24) is 5.32 Å². The van der Waals surface area contributed by atoms with Crippen molar-refractivity contribution in [2.75, 3.05) is 0 Å². The summed E-state index contributed by atoms with van der Waals surface area (Å²) in [6.07, 6.45) is 0.130. The smallest absolute Gasteiger partial charge is 0.303 e. The molecule has 0 aliphatic rings. The summed E-state index contributed by atoms with van der Waals surface area (Å²) >= 11 is 0. The summed E-state index contributed by atoms with van der Waals surface area (Å²) in [7, 11) is 0. The number of aliphatic carboxylic acids is 1. The topological polar surface area (TPSA) is 92.4 Å². The van der Waals surface area contributed by atoms with Crippen LogP contribution in [0.2, 0.25) is 0 Å². The van der Waals surface area contributed by atoms with E-state index in [2.05, 4.69) is 5.32 Å². The van der Waals surface area contributed by atoms with Crippen molar-refractivity contribution < 1.29 is 14.7 Å². The van der Waals surface area contributed by atoms with Gasteiger partial charge in [-0.25, -0.2) is 0 Å². The van der Waals surface area contributed by atoms with E-state index in [9.17, 15) is 9.59 Å². The molecule has 0 unspecified atom stereocenters. The lowest BCUT2D eigenvalue weighted by Crippen LogP contribution is -2.41. The third-order valence-corrected chi connectivity index (χ3v) is 2.66. The van der Waals surface area contributed by atoms with Crippen LogP contribution in [0.3, 0.4) is 0 Å². The van der Waals surface area contributed by atoms with Crippen LogP contribution in [0.1, 0.15) is 24.0 Å². The van der Waals surface area contributed by atoms with E-state index in [4.69, 9.17) is 10.8 Å². The monoisotopic (exact) mass is 250 g/mol. The largest absolute Gasteiger partial charge is 0.481 e. The van der Waals surface area contributed by atoms with E-state index in [0.717, 1.165) is 11.1 Å². The number of primary amides is 1. The third-order valence-electron chi connectivity index (χ3n) is 2.66. The summed E-state index contributed by atoms with van der Waals surface area (Å²) in [5.74, 6) is -1.46. The number of hydrogen-bond donors (Lipinski definition) is 3. The second-order valence-electron chi connectivity index (χ2n) is 4.25. The Labute approximate surface area is 106 Å². The number of benzene rings is 1. The molecule has 0 aliphatic carbocycles. The van der Waals surface area contributed by atoms with E-state index in [1.54, 1.807) is 0 Å². The van der Waals surface area contributed by atoms with Gasteiger partial charge in [0.05, 0.1) is 6.04 Å². The molecule has 98 valence electrons. The maximum absolute atomic E-state index is 11.2. The van der Waals surface area contributed by atoms with Gasteiger partial charge in [-0.15, -0.1) is 0 Å². The van der Waals surface area contributed by atoms with E-state index >= 15 is 0 Å². The zero-order valence-electron chi connectivity index (χ0n) is 10.3. The van der Waals surface area contributed by atoms with E-state index in [0.29, 0.717) is 6.54 Å². The molecule has 4 N–H and O–H groups in total. The lowest BCUT2D eigenvalue weighted by molar-refractivity contribution is -0.137. The lowest BCUT2D eigenvalue weighted by atomic mass is 10.1. The van der Waals surface area contributed by atoms with Gasteiger partial charge in [-0.2, -0.15) is 0 Å². The molecule has 1 aromatic rings. The molecule has 0 heterocycles. The van der Waals surface area contributed by atoms with Crippen LogP contribution >= 0.6 is 0 Å². The number of amides is 1. The summed E-state index contributed by atoms with van der Waals surface area (Å²) in [6, 6.07) is 7.26. The van der Waals surface area contributed by atoms with Crippen LogP contribution in [0.4, 0.5) is 0 Å². The highest BCUT2D eigenvalue weighted by molar-refractivity contribution is 5.80. The van der Waals surface area contributed by atoms with Crippen LogP contribution in [0.5, 0.6) is 0 Å². The van der Waals surface area contributed by atoms with Crippen LogP contribution in [-0.4, -0.2) is 23.0 Å². The van der Waals surface area contributed by atoms with Crippen LogP contribution in [-0.2, 0) is 16.1 Å². The Bertz CT molecular complexity index is 415. The molecule has 18 heavy (non-hydrogen) atoms. The fraction of sp³-hybridized carbons (Fsp3) is 0.385. The second kappa shape index (κ2) is 6.76. The number of rotatable bonds is 7. The van der Waals surface area contributed by atoms with Crippen LogP contribution in [0.15, 0.2) is 24.3 Å². The van der Waals surface area contributed by atoms with Gasteiger partial charge in [0.15, 0.2) is 0 Å². The number of carbonyl (C=O) groups is 2. The molecule has 0 fully saturated rings. The summed E-state index contributed by atoms with van der Waals surface area (Å²) in [6.45, 7) is 2.49. The first-order valence-corrected chi connectivity index (χ1v) is 5.79. The molecule has 0 aliphatic heterocycles. The van der Waals surface area contributed by atoms with Crippen molar-refractivity contribution in [2.45, 2.75) is 32.4 Å². The highest BCUT2D eigenvalue weighted by Crippen LogP contribution is 2.04. The Balaban J connectivity index is 2.49. The minimum absolute atomic E-state index is 0.0749.